The molecule has 2 rings (SSSR count). The molecule has 0 saturated heterocycles. The van der Waals surface area contributed by atoms with Crippen LogP contribution in [0.4, 0.5) is 23.2 Å². The number of nitrogens with zero attached hydrogens (tertiary/aromatic N) is 1. The molecule has 0 radical (unpaired) electrons. The lowest BCUT2D eigenvalue weighted by Crippen LogP contribution is -2.36. The number of non-ortho nitro benzene ring substituents is 1. The minimum absolute atomic E-state index is 0.0522. The third-order valence-electron chi connectivity index (χ3n) is 3.76. The lowest BCUT2D eigenvalue weighted by molar-refractivity contribution is -0.385. The van der Waals surface area contributed by atoms with Crippen LogP contribution in [0.25, 0.3) is 0 Å². The molecule has 0 unspecified atom stereocenters. The van der Waals surface area contributed by atoms with Crippen LogP contribution in [-0.2, 0) is 17.4 Å². The zero-order valence-corrected chi connectivity index (χ0v) is 14.8. The number of aliphatic hydroxyl groups excluding tert-OH is 1. The van der Waals surface area contributed by atoms with Crippen molar-refractivity contribution in [3.8, 4) is 5.75 Å². The summed E-state index contributed by atoms with van der Waals surface area (Å²) in [7, 11) is 0. The van der Waals surface area contributed by atoms with Gasteiger partial charge in [0.2, 0.25) is 5.91 Å². The summed E-state index contributed by atoms with van der Waals surface area (Å²) in [5, 5.41) is 22.7. The highest BCUT2D eigenvalue weighted by atomic mass is 19.4. The molecule has 0 aliphatic carbocycles. The van der Waals surface area contributed by atoms with E-state index in [1.165, 1.54) is 0 Å². The van der Waals surface area contributed by atoms with Crippen LogP contribution in [0, 0.1) is 15.9 Å². The van der Waals surface area contributed by atoms with Crippen LogP contribution >= 0.6 is 0 Å². The van der Waals surface area contributed by atoms with Gasteiger partial charge >= 0.3 is 6.18 Å². The molecule has 7 nitrogen and oxygen atoms in total. The molecule has 0 aromatic heterocycles. The molecule has 0 heterocycles. The minimum Gasteiger partial charge on any atom is -0.491 e. The monoisotopic (exact) mass is 416 g/mol. The first kappa shape index (κ1) is 22.1. The van der Waals surface area contributed by atoms with E-state index in [0.29, 0.717) is 6.07 Å². The van der Waals surface area contributed by atoms with Gasteiger partial charge in [0.25, 0.3) is 5.69 Å². The average molecular weight is 416 g/mol. The van der Waals surface area contributed by atoms with E-state index in [1.807, 2.05) is 0 Å². The first-order chi connectivity index (χ1) is 13.6. The summed E-state index contributed by atoms with van der Waals surface area (Å²) >= 11 is 0. The van der Waals surface area contributed by atoms with Crippen molar-refractivity contribution in [2.24, 2.45) is 0 Å². The van der Waals surface area contributed by atoms with E-state index in [-0.39, 0.29) is 24.5 Å². The largest absolute Gasteiger partial charge is 0.491 e. The topological polar surface area (TPSA) is 102 Å². The van der Waals surface area contributed by atoms with Gasteiger partial charge in [-0.15, -0.1) is 0 Å². The van der Waals surface area contributed by atoms with Gasteiger partial charge in [-0.1, -0.05) is 0 Å². The highest BCUT2D eigenvalue weighted by Crippen LogP contribution is 2.30. The SMILES string of the molecule is O=C(Cc1ccc([N+](=O)[O-])cc1F)NC[C@@H](O)COc1ccc(C(F)(F)F)cc1. The Morgan fingerprint density at radius 3 is 2.41 bits per heavy atom. The van der Waals surface area contributed by atoms with Crippen molar-refractivity contribution in [1.29, 1.82) is 0 Å². The Balaban J connectivity index is 1.78. The van der Waals surface area contributed by atoms with Gasteiger partial charge in [0.05, 0.1) is 23.0 Å². The van der Waals surface area contributed by atoms with Gasteiger partial charge in [-0.05, 0) is 35.9 Å². The number of nitro benzene ring substituents is 1. The number of hydrogen-bond donors (Lipinski definition) is 2. The van der Waals surface area contributed by atoms with Crippen molar-refractivity contribution < 1.29 is 37.1 Å². The smallest absolute Gasteiger partial charge is 0.416 e. The van der Waals surface area contributed by atoms with Gasteiger partial charge in [0, 0.05) is 12.6 Å². The van der Waals surface area contributed by atoms with Crippen molar-refractivity contribution >= 4 is 11.6 Å². The predicted octanol–water partition coefficient (Wildman–Crippen LogP) is 2.85. The van der Waals surface area contributed by atoms with Gasteiger partial charge in [-0.25, -0.2) is 4.39 Å². The average Bonchev–Trinajstić information content (AvgIpc) is 2.65. The lowest BCUT2D eigenvalue weighted by Gasteiger charge is -2.14. The highest BCUT2D eigenvalue weighted by molar-refractivity contribution is 5.78. The summed E-state index contributed by atoms with van der Waals surface area (Å²) in [6, 6.07) is 6.77. The number of amides is 1. The van der Waals surface area contributed by atoms with Crippen LogP contribution in [-0.4, -0.2) is 35.2 Å². The molecule has 2 aromatic carbocycles. The summed E-state index contributed by atoms with van der Waals surface area (Å²) in [6.07, 6.45) is -6.02. The Kier molecular flexibility index (Phi) is 7.10. The molecule has 0 spiro atoms. The van der Waals surface area contributed by atoms with Gasteiger partial charge < -0.3 is 15.2 Å². The number of rotatable bonds is 8. The van der Waals surface area contributed by atoms with E-state index in [1.54, 1.807) is 0 Å². The molecular formula is C18H16F4N2O5. The van der Waals surface area contributed by atoms with Gasteiger partial charge in [0.1, 0.15) is 24.3 Å². The van der Waals surface area contributed by atoms with E-state index < -0.39 is 46.6 Å². The number of nitro groups is 1. The molecule has 2 N–H and O–H groups in total. The van der Waals surface area contributed by atoms with Crippen molar-refractivity contribution in [3.05, 3.63) is 69.5 Å². The summed E-state index contributed by atoms with van der Waals surface area (Å²) < 4.78 is 56.3. The number of carbonyl (C=O) groups is 1. The fraction of sp³-hybridized carbons (Fsp3) is 0.278. The second-order valence-electron chi connectivity index (χ2n) is 6.00. The second-order valence-corrected chi connectivity index (χ2v) is 6.00. The van der Waals surface area contributed by atoms with Crippen molar-refractivity contribution in [1.82, 2.24) is 5.32 Å². The van der Waals surface area contributed by atoms with E-state index in [4.69, 9.17) is 4.74 Å². The van der Waals surface area contributed by atoms with E-state index >= 15 is 0 Å². The molecule has 29 heavy (non-hydrogen) atoms. The third-order valence-corrected chi connectivity index (χ3v) is 3.76. The quantitative estimate of drug-likeness (QED) is 0.392. The molecule has 0 fully saturated rings. The van der Waals surface area contributed by atoms with E-state index in [2.05, 4.69) is 5.32 Å². The minimum atomic E-state index is -4.47. The maximum absolute atomic E-state index is 13.8. The molecule has 0 aliphatic rings. The molecular weight excluding hydrogens is 400 g/mol. The first-order valence-electron chi connectivity index (χ1n) is 8.24. The number of hydrogen-bond acceptors (Lipinski definition) is 5. The Labute approximate surface area is 162 Å². The Morgan fingerprint density at radius 1 is 1.21 bits per heavy atom. The van der Waals surface area contributed by atoms with Crippen LogP contribution in [0.1, 0.15) is 11.1 Å². The van der Waals surface area contributed by atoms with Crippen LogP contribution in [0.2, 0.25) is 0 Å². The zero-order valence-electron chi connectivity index (χ0n) is 14.8. The molecule has 156 valence electrons. The van der Waals surface area contributed by atoms with Crippen molar-refractivity contribution in [3.63, 3.8) is 0 Å². The van der Waals surface area contributed by atoms with Crippen LogP contribution in [0.3, 0.4) is 0 Å². The normalized spacial score (nSPS) is 12.3. The third kappa shape index (κ3) is 6.71. The maximum atomic E-state index is 13.8. The summed E-state index contributed by atoms with van der Waals surface area (Å²) in [5.74, 6) is -1.43. The lowest BCUT2D eigenvalue weighted by atomic mass is 10.1. The molecule has 1 amide bonds. The number of aliphatic hydroxyl groups is 1. The Bertz CT molecular complexity index is 872. The summed E-state index contributed by atoms with van der Waals surface area (Å²) in [4.78, 5) is 21.6. The number of alkyl halides is 3. The number of carbonyl (C=O) groups excluding carboxylic acids is 1. The Morgan fingerprint density at radius 2 is 1.86 bits per heavy atom. The zero-order chi connectivity index (χ0) is 21.6. The molecule has 1 atom stereocenters. The summed E-state index contributed by atoms with van der Waals surface area (Å²) in [6.45, 7) is -0.536. The summed E-state index contributed by atoms with van der Waals surface area (Å²) in [5.41, 5.74) is -1.33. The van der Waals surface area contributed by atoms with Gasteiger partial charge in [0.15, 0.2) is 0 Å². The molecule has 0 bridgehead atoms. The van der Waals surface area contributed by atoms with E-state index in [9.17, 15) is 37.6 Å². The molecule has 0 aliphatic heterocycles. The van der Waals surface area contributed by atoms with Crippen molar-refractivity contribution in [2.45, 2.75) is 18.7 Å². The first-order valence-corrected chi connectivity index (χ1v) is 8.24. The highest BCUT2D eigenvalue weighted by Gasteiger charge is 2.30. The Hall–Kier alpha value is -3.21. The van der Waals surface area contributed by atoms with Gasteiger partial charge in [-0.2, -0.15) is 13.2 Å². The van der Waals surface area contributed by atoms with Gasteiger partial charge in [-0.3, -0.25) is 14.9 Å². The van der Waals surface area contributed by atoms with Crippen LogP contribution in [0.15, 0.2) is 42.5 Å². The predicted molar refractivity (Wildman–Crippen MR) is 92.7 cm³/mol. The van der Waals surface area contributed by atoms with E-state index in [0.717, 1.165) is 36.4 Å². The van der Waals surface area contributed by atoms with Crippen molar-refractivity contribution in [2.75, 3.05) is 13.2 Å². The second kappa shape index (κ2) is 9.32. The number of nitrogens with one attached hydrogen (secondary N) is 1. The molecule has 2 aromatic rings. The standard InChI is InChI=1S/C18H16F4N2O5/c19-16-8-13(24(27)28)4-1-11(16)7-17(26)23-9-14(25)10-29-15-5-2-12(3-6-15)18(20,21)22/h1-6,8,14,25H,7,9-10H2,(H,23,26)/t14-/m1/s1. The number of halogens is 4. The van der Waals surface area contributed by atoms with Crippen LogP contribution < -0.4 is 10.1 Å². The number of ether oxygens (including phenoxy) is 1. The fourth-order valence-corrected chi connectivity index (χ4v) is 2.25. The fourth-order valence-electron chi connectivity index (χ4n) is 2.25. The maximum Gasteiger partial charge on any atom is 0.416 e. The van der Waals surface area contributed by atoms with Crippen LogP contribution in [0.5, 0.6) is 5.75 Å². The molecule has 0 saturated carbocycles. The molecule has 11 heteroatoms. The number of benzene rings is 2.